The summed E-state index contributed by atoms with van der Waals surface area (Å²) in [5.41, 5.74) is 0. The molecule has 0 aliphatic rings. The molecule has 1 aromatic carbocycles. The van der Waals surface area contributed by atoms with Crippen molar-refractivity contribution < 1.29 is 9.53 Å². The molecule has 6 heteroatoms. The number of thiophene rings is 1. The Morgan fingerprint density at radius 3 is 2.37 bits per heavy atom. The summed E-state index contributed by atoms with van der Waals surface area (Å²) in [6, 6.07) is 7.89. The van der Waals surface area contributed by atoms with E-state index >= 15 is 0 Å². The van der Waals surface area contributed by atoms with Crippen molar-refractivity contribution in [1.29, 1.82) is 0 Å². The highest BCUT2D eigenvalue weighted by Gasteiger charge is 2.13. The highest BCUT2D eigenvalue weighted by molar-refractivity contribution is 14.1. The van der Waals surface area contributed by atoms with Gasteiger partial charge in [0.25, 0.3) is 0 Å². The first kappa shape index (κ1) is 16.0. The molecule has 0 aliphatic carbocycles. The number of halogens is 3. The lowest BCUT2D eigenvalue weighted by atomic mass is 10.3. The van der Waals surface area contributed by atoms with Gasteiger partial charge in [-0.05, 0) is 99.0 Å². The van der Waals surface area contributed by atoms with Crippen LogP contribution in [0.15, 0.2) is 24.3 Å². The van der Waals surface area contributed by atoms with Crippen molar-refractivity contribution in [1.82, 2.24) is 0 Å². The van der Waals surface area contributed by atoms with Crippen LogP contribution in [0.2, 0.25) is 0 Å². The van der Waals surface area contributed by atoms with Gasteiger partial charge < -0.3 is 4.74 Å². The Kier molecular flexibility index (Phi) is 5.90. The highest BCUT2D eigenvalue weighted by Crippen LogP contribution is 2.29. The lowest BCUT2D eigenvalue weighted by molar-refractivity contribution is 0.0924. The number of hydrogen-bond acceptors (Lipinski definition) is 3. The summed E-state index contributed by atoms with van der Waals surface area (Å²) < 4.78 is 8.92. The van der Waals surface area contributed by atoms with E-state index in [-0.39, 0.29) is 12.4 Å². The van der Waals surface area contributed by atoms with Gasteiger partial charge in [0, 0.05) is 8.45 Å². The molecular weight excluding hydrogens is 601 g/mol. The topological polar surface area (TPSA) is 26.3 Å². The molecule has 0 unspecified atom stereocenters. The molecule has 0 bridgehead atoms. The van der Waals surface area contributed by atoms with Crippen LogP contribution in [-0.2, 0) is 0 Å². The molecule has 0 saturated carbocycles. The third-order valence-electron chi connectivity index (χ3n) is 2.33. The number of carbonyl (C=O) groups excluding carboxylic acids is 1. The fraction of sp³-hybridized carbons (Fsp3) is 0.154. The van der Waals surface area contributed by atoms with Gasteiger partial charge in [-0.1, -0.05) is 0 Å². The van der Waals surface area contributed by atoms with Crippen LogP contribution < -0.4 is 4.74 Å². The molecule has 0 radical (unpaired) electrons. The van der Waals surface area contributed by atoms with Crippen LogP contribution in [0.5, 0.6) is 5.75 Å². The van der Waals surface area contributed by atoms with Crippen molar-refractivity contribution >= 4 is 84.9 Å². The monoisotopic (exact) mass is 610 g/mol. The molecule has 1 heterocycles. The van der Waals surface area contributed by atoms with Crippen LogP contribution in [0.3, 0.4) is 0 Å². The molecule has 0 aliphatic heterocycles. The van der Waals surface area contributed by atoms with Crippen LogP contribution in [0.1, 0.15) is 14.5 Å². The molecule has 2 aromatic rings. The second-order valence-corrected chi connectivity index (χ2v) is 8.68. The average Bonchev–Trinajstić information content (AvgIpc) is 2.74. The van der Waals surface area contributed by atoms with Crippen LogP contribution in [0.25, 0.3) is 0 Å². The summed E-state index contributed by atoms with van der Waals surface area (Å²) in [6.45, 7) is 2.08. The molecule has 0 spiro atoms. The Morgan fingerprint density at radius 1 is 1.21 bits per heavy atom. The third kappa shape index (κ3) is 4.27. The number of Topliss-reactive ketones (excluding diaryl/α,β-unsaturated/α-hetero) is 1. The molecule has 0 atom stereocenters. The van der Waals surface area contributed by atoms with E-state index in [1.165, 1.54) is 14.9 Å². The Morgan fingerprint density at radius 2 is 1.84 bits per heavy atom. The standard InChI is InChI=1S/C13H9I3O2S/c1-7-2-3-12(19-7)11(17)6-18-13-9(15)4-8(14)5-10(13)16/h2-5H,6H2,1H3. The predicted octanol–water partition coefficient (Wildman–Crippen LogP) is 5.13. The van der Waals surface area contributed by atoms with Crippen molar-refractivity contribution in [2.45, 2.75) is 6.92 Å². The number of ether oxygens (including phenoxy) is 1. The molecule has 0 saturated heterocycles. The molecule has 0 N–H and O–H groups in total. The summed E-state index contributed by atoms with van der Waals surface area (Å²) in [5, 5.41) is 0. The Balaban J connectivity index is 2.09. The highest BCUT2D eigenvalue weighted by atomic mass is 127. The fourth-order valence-electron chi connectivity index (χ4n) is 1.46. The lowest BCUT2D eigenvalue weighted by Gasteiger charge is -2.09. The van der Waals surface area contributed by atoms with Crippen LogP contribution in [-0.4, -0.2) is 12.4 Å². The van der Waals surface area contributed by atoms with E-state index in [4.69, 9.17) is 4.74 Å². The number of benzene rings is 1. The quantitative estimate of drug-likeness (QED) is 0.355. The number of rotatable bonds is 4. The van der Waals surface area contributed by atoms with Crippen LogP contribution in [0.4, 0.5) is 0 Å². The zero-order valence-corrected chi connectivity index (χ0v) is 17.2. The molecule has 0 amide bonds. The lowest BCUT2D eigenvalue weighted by Crippen LogP contribution is -2.11. The minimum Gasteiger partial charge on any atom is -0.483 e. The van der Waals surface area contributed by atoms with Crippen molar-refractivity contribution in [3.63, 3.8) is 0 Å². The minimum atomic E-state index is 0.0308. The van der Waals surface area contributed by atoms with E-state index in [0.717, 1.165) is 22.6 Å². The number of hydrogen-bond donors (Lipinski definition) is 0. The molecular formula is C13H9I3O2S. The van der Waals surface area contributed by atoms with Crippen molar-refractivity contribution in [2.24, 2.45) is 0 Å². The first-order chi connectivity index (χ1) is 8.97. The van der Waals surface area contributed by atoms with Gasteiger partial charge in [0.05, 0.1) is 12.0 Å². The Bertz CT molecular complexity index is 599. The Labute approximate surface area is 156 Å². The summed E-state index contributed by atoms with van der Waals surface area (Å²) in [7, 11) is 0. The van der Waals surface area contributed by atoms with Gasteiger partial charge in [0.15, 0.2) is 6.61 Å². The van der Waals surface area contributed by atoms with E-state index < -0.39 is 0 Å². The van der Waals surface area contributed by atoms with Crippen molar-refractivity contribution in [2.75, 3.05) is 6.61 Å². The van der Waals surface area contributed by atoms with Crippen LogP contribution in [0, 0.1) is 17.6 Å². The van der Waals surface area contributed by atoms with Gasteiger partial charge in [-0.15, -0.1) is 11.3 Å². The largest absolute Gasteiger partial charge is 0.483 e. The van der Waals surface area contributed by atoms with Gasteiger partial charge in [0.1, 0.15) is 5.75 Å². The molecule has 2 rings (SSSR count). The molecule has 1 aromatic heterocycles. The van der Waals surface area contributed by atoms with E-state index in [2.05, 4.69) is 67.8 Å². The predicted molar refractivity (Wildman–Crippen MR) is 103 cm³/mol. The summed E-state index contributed by atoms with van der Waals surface area (Å²) in [6.07, 6.45) is 0. The zero-order chi connectivity index (χ0) is 14.0. The average molecular weight is 610 g/mol. The van der Waals surface area contributed by atoms with E-state index in [0.29, 0.717) is 0 Å². The minimum absolute atomic E-state index is 0.0308. The summed E-state index contributed by atoms with van der Waals surface area (Å²) >= 11 is 8.25. The maximum atomic E-state index is 12.0. The van der Waals surface area contributed by atoms with Crippen molar-refractivity contribution in [3.05, 3.63) is 44.7 Å². The first-order valence-electron chi connectivity index (χ1n) is 5.34. The van der Waals surface area contributed by atoms with Crippen molar-refractivity contribution in [3.8, 4) is 5.75 Å². The van der Waals surface area contributed by atoms with Gasteiger partial charge in [-0.25, -0.2) is 0 Å². The first-order valence-corrected chi connectivity index (χ1v) is 9.39. The van der Waals surface area contributed by atoms with Gasteiger partial charge >= 0.3 is 0 Å². The third-order valence-corrected chi connectivity index (χ3v) is 5.59. The molecule has 0 fully saturated rings. The number of ketones is 1. The number of aryl methyl sites for hydroxylation is 1. The normalized spacial score (nSPS) is 10.5. The van der Waals surface area contributed by atoms with Gasteiger partial charge in [-0.3, -0.25) is 4.79 Å². The second kappa shape index (κ2) is 7.03. The fourth-order valence-corrected chi connectivity index (χ4v) is 6.15. The maximum absolute atomic E-state index is 12.0. The SMILES string of the molecule is Cc1ccc(C(=O)COc2c(I)cc(I)cc2I)s1. The number of carbonyl (C=O) groups is 1. The zero-order valence-electron chi connectivity index (χ0n) is 9.88. The van der Waals surface area contributed by atoms with E-state index in [9.17, 15) is 4.79 Å². The second-order valence-electron chi connectivity index (χ2n) is 3.82. The summed E-state index contributed by atoms with van der Waals surface area (Å²) in [5.74, 6) is 0.825. The van der Waals surface area contributed by atoms with Gasteiger partial charge in [-0.2, -0.15) is 0 Å². The van der Waals surface area contributed by atoms with Crippen LogP contribution >= 0.6 is 79.1 Å². The molecule has 19 heavy (non-hydrogen) atoms. The van der Waals surface area contributed by atoms with E-state index in [1.54, 1.807) is 0 Å². The van der Waals surface area contributed by atoms with E-state index in [1.807, 2.05) is 31.2 Å². The molecule has 100 valence electrons. The maximum Gasteiger partial charge on any atom is 0.210 e. The Hall–Kier alpha value is 0.580. The molecule has 2 nitrogen and oxygen atoms in total. The smallest absolute Gasteiger partial charge is 0.210 e. The summed E-state index contributed by atoms with van der Waals surface area (Å²) in [4.78, 5) is 13.9. The van der Waals surface area contributed by atoms with Gasteiger partial charge in [0.2, 0.25) is 5.78 Å².